The van der Waals surface area contributed by atoms with E-state index < -0.39 is 0 Å². The Kier molecular flexibility index (Phi) is 5.64. The first kappa shape index (κ1) is 20.9. The van der Waals surface area contributed by atoms with E-state index >= 15 is 0 Å². The molecule has 33 heavy (non-hydrogen) atoms. The molecule has 4 aromatic rings. The van der Waals surface area contributed by atoms with Crippen LogP contribution in [-0.4, -0.2) is 15.9 Å². The highest BCUT2D eigenvalue weighted by Gasteiger charge is 2.28. The molecule has 0 spiro atoms. The minimum atomic E-state index is -0.253. The first-order valence-electron chi connectivity index (χ1n) is 10.6. The number of hydrogen-bond donors (Lipinski definition) is 1. The lowest BCUT2D eigenvalue weighted by Crippen LogP contribution is -2.23. The molecule has 1 saturated carbocycles. The molecule has 0 bridgehead atoms. The Morgan fingerprint density at radius 1 is 1.09 bits per heavy atom. The van der Waals surface area contributed by atoms with E-state index in [2.05, 4.69) is 21.4 Å². The Morgan fingerprint density at radius 3 is 2.67 bits per heavy atom. The molecule has 1 fully saturated rings. The number of oxazole rings is 1. The Bertz CT molecular complexity index is 1370. The fourth-order valence-electron chi connectivity index (χ4n) is 3.64. The zero-order valence-corrected chi connectivity index (χ0v) is 18.3. The number of nitrogens with one attached hydrogen (secondary N) is 1. The van der Waals surface area contributed by atoms with Crippen molar-refractivity contribution in [2.45, 2.75) is 25.3 Å². The van der Waals surface area contributed by atoms with Crippen LogP contribution in [0.3, 0.4) is 0 Å². The van der Waals surface area contributed by atoms with E-state index in [1.807, 2.05) is 30.3 Å². The van der Waals surface area contributed by atoms with Crippen LogP contribution in [0.5, 0.6) is 0 Å². The van der Waals surface area contributed by atoms with E-state index in [1.54, 1.807) is 36.7 Å². The second-order valence-electron chi connectivity index (χ2n) is 7.97. The molecular formula is C26H19ClN4O2. The molecule has 0 saturated heterocycles. The number of pyridine rings is 1. The molecule has 1 N–H and O–H groups in total. The number of benzene rings is 2. The van der Waals surface area contributed by atoms with Crippen molar-refractivity contribution in [2.75, 3.05) is 0 Å². The number of rotatable bonds is 6. The summed E-state index contributed by atoms with van der Waals surface area (Å²) in [6.07, 6.45) is 5.60. The minimum absolute atomic E-state index is 0.253. The van der Waals surface area contributed by atoms with Crippen LogP contribution in [0.4, 0.5) is 0 Å². The number of nitrogens with zero attached hydrogens (tertiary/aromatic N) is 3. The zero-order chi connectivity index (χ0) is 22.8. The molecule has 0 unspecified atom stereocenters. The molecule has 2 aromatic carbocycles. The van der Waals surface area contributed by atoms with Gasteiger partial charge in [0.15, 0.2) is 0 Å². The summed E-state index contributed by atoms with van der Waals surface area (Å²) in [6, 6.07) is 18.5. The number of aromatic nitrogens is 2. The average Bonchev–Trinajstić information content (AvgIpc) is 3.59. The van der Waals surface area contributed by atoms with E-state index in [1.165, 1.54) is 0 Å². The van der Waals surface area contributed by atoms with Gasteiger partial charge in [-0.2, -0.15) is 5.26 Å². The molecule has 2 aromatic heterocycles. The van der Waals surface area contributed by atoms with Crippen molar-refractivity contribution in [3.63, 3.8) is 0 Å². The molecule has 6 nitrogen and oxygen atoms in total. The van der Waals surface area contributed by atoms with Crippen molar-refractivity contribution >= 4 is 17.5 Å². The molecule has 1 aliphatic carbocycles. The number of carbonyl (C=O) groups is 1. The van der Waals surface area contributed by atoms with Gasteiger partial charge in [-0.05, 0) is 59.9 Å². The number of halogens is 1. The van der Waals surface area contributed by atoms with Gasteiger partial charge in [-0.25, -0.2) is 9.97 Å². The molecule has 162 valence electrons. The van der Waals surface area contributed by atoms with E-state index in [0.717, 1.165) is 35.3 Å². The van der Waals surface area contributed by atoms with Gasteiger partial charge in [-0.3, -0.25) is 4.79 Å². The summed E-state index contributed by atoms with van der Waals surface area (Å²) in [5.74, 6) is 1.51. The highest BCUT2D eigenvalue weighted by atomic mass is 35.5. The third kappa shape index (κ3) is 4.64. The van der Waals surface area contributed by atoms with Crippen molar-refractivity contribution in [2.24, 2.45) is 0 Å². The van der Waals surface area contributed by atoms with Gasteiger partial charge >= 0.3 is 0 Å². The maximum absolute atomic E-state index is 13.1. The molecule has 0 atom stereocenters. The van der Waals surface area contributed by atoms with Crippen LogP contribution in [0.15, 0.2) is 71.4 Å². The molecule has 2 heterocycles. The predicted molar refractivity (Wildman–Crippen MR) is 124 cm³/mol. The molecule has 0 aliphatic heterocycles. The van der Waals surface area contributed by atoms with Crippen LogP contribution in [-0.2, 0) is 6.54 Å². The summed E-state index contributed by atoms with van der Waals surface area (Å²) in [4.78, 5) is 21.5. The van der Waals surface area contributed by atoms with E-state index in [4.69, 9.17) is 16.0 Å². The SMILES string of the molecule is N#Cc1ccccc1-c1cc(C(=O)NCc2ccc(Cl)nc2)cc(-c2ncc(C3CC3)o2)c1. The Labute approximate surface area is 195 Å². The van der Waals surface area contributed by atoms with E-state index in [-0.39, 0.29) is 5.91 Å². The van der Waals surface area contributed by atoms with Crippen LogP contribution in [0.1, 0.15) is 46.0 Å². The number of amides is 1. The van der Waals surface area contributed by atoms with Crippen molar-refractivity contribution in [1.82, 2.24) is 15.3 Å². The average molecular weight is 455 g/mol. The van der Waals surface area contributed by atoms with Crippen molar-refractivity contribution in [3.05, 3.63) is 94.6 Å². The Hall–Kier alpha value is -3.95. The van der Waals surface area contributed by atoms with Gasteiger partial charge in [0, 0.05) is 29.8 Å². The van der Waals surface area contributed by atoms with Crippen LogP contribution in [0.25, 0.3) is 22.6 Å². The van der Waals surface area contributed by atoms with Crippen molar-refractivity contribution in [1.29, 1.82) is 5.26 Å². The molecular weight excluding hydrogens is 436 g/mol. The standard InChI is InChI=1S/C26H19ClN4O2/c27-24-8-5-16(13-29-24)14-30-25(32)20-9-19(22-4-2-1-3-18(22)12-28)10-21(11-20)26-31-15-23(33-26)17-6-7-17/h1-5,8-11,13,15,17H,6-7,14H2,(H,30,32). The van der Waals surface area contributed by atoms with E-state index in [0.29, 0.717) is 40.2 Å². The van der Waals surface area contributed by atoms with Crippen molar-refractivity contribution in [3.8, 4) is 28.7 Å². The summed E-state index contributed by atoms with van der Waals surface area (Å²) in [5, 5.41) is 12.9. The van der Waals surface area contributed by atoms with Gasteiger partial charge in [-0.1, -0.05) is 35.9 Å². The first-order chi connectivity index (χ1) is 16.1. The quantitative estimate of drug-likeness (QED) is 0.375. The van der Waals surface area contributed by atoms with Crippen LogP contribution >= 0.6 is 11.6 Å². The maximum atomic E-state index is 13.1. The second-order valence-corrected chi connectivity index (χ2v) is 8.36. The monoisotopic (exact) mass is 454 g/mol. The fraction of sp³-hybridized carbons (Fsp3) is 0.154. The first-order valence-corrected chi connectivity index (χ1v) is 11.0. The smallest absolute Gasteiger partial charge is 0.251 e. The maximum Gasteiger partial charge on any atom is 0.251 e. The third-order valence-corrected chi connectivity index (χ3v) is 5.77. The Balaban J connectivity index is 1.50. The van der Waals surface area contributed by atoms with Crippen LogP contribution in [0, 0.1) is 11.3 Å². The summed E-state index contributed by atoms with van der Waals surface area (Å²) >= 11 is 5.84. The highest BCUT2D eigenvalue weighted by molar-refractivity contribution is 6.29. The molecule has 1 amide bonds. The summed E-state index contributed by atoms with van der Waals surface area (Å²) < 4.78 is 5.99. The third-order valence-electron chi connectivity index (χ3n) is 5.55. The van der Waals surface area contributed by atoms with Crippen LogP contribution < -0.4 is 5.32 Å². The largest absolute Gasteiger partial charge is 0.441 e. The molecule has 5 rings (SSSR count). The second kappa shape index (κ2) is 8.89. The van der Waals surface area contributed by atoms with E-state index in [9.17, 15) is 10.1 Å². The van der Waals surface area contributed by atoms with Gasteiger partial charge < -0.3 is 9.73 Å². The fourth-order valence-corrected chi connectivity index (χ4v) is 3.75. The molecule has 7 heteroatoms. The van der Waals surface area contributed by atoms with Gasteiger partial charge in [0.05, 0.1) is 17.8 Å². The lowest BCUT2D eigenvalue weighted by atomic mass is 9.96. The number of nitriles is 1. The zero-order valence-electron chi connectivity index (χ0n) is 17.6. The summed E-state index contributed by atoms with van der Waals surface area (Å²) in [6.45, 7) is 0.308. The summed E-state index contributed by atoms with van der Waals surface area (Å²) in [7, 11) is 0. The lowest BCUT2D eigenvalue weighted by molar-refractivity contribution is 0.0951. The number of carbonyl (C=O) groups excluding carboxylic acids is 1. The van der Waals surface area contributed by atoms with Gasteiger partial charge in [0.25, 0.3) is 5.91 Å². The molecule has 1 aliphatic rings. The Morgan fingerprint density at radius 2 is 1.91 bits per heavy atom. The molecule has 0 radical (unpaired) electrons. The minimum Gasteiger partial charge on any atom is -0.441 e. The topological polar surface area (TPSA) is 91.8 Å². The van der Waals surface area contributed by atoms with Crippen LogP contribution in [0.2, 0.25) is 5.15 Å². The van der Waals surface area contributed by atoms with Gasteiger partial charge in [0.2, 0.25) is 5.89 Å². The van der Waals surface area contributed by atoms with Gasteiger partial charge in [0.1, 0.15) is 10.9 Å². The highest BCUT2D eigenvalue weighted by Crippen LogP contribution is 2.41. The number of hydrogen-bond acceptors (Lipinski definition) is 5. The predicted octanol–water partition coefficient (Wildman–Crippen LogP) is 5.74. The van der Waals surface area contributed by atoms with Crippen molar-refractivity contribution < 1.29 is 9.21 Å². The lowest BCUT2D eigenvalue weighted by Gasteiger charge is -2.11. The van der Waals surface area contributed by atoms with Gasteiger partial charge in [-0.15, -0.1) is 0 Å². The summed E-state index contributed by atoms with van der Waals surface area (Å²) in [5.41, 5.74) is 3.98. The normalized spacial score (nSPS) is 12.8.